The summed E-state index contributed by atoms with van der Waals surface area (Å²) in [6, 6.07) is 7.48. The highest BCUT2D eigenvalue weighted by molar-refractivity contribution is 9.09. The van der Waals surface area contributed by atoms with E-state index in [1.54, 1.807) is 12.1 Å². The molecule has 0 saturated heterocycles. The number of benzene rings is 2. The van der Waals surface area contributed by atoms with Gasteiger partial charge in [-0.05, 0) is 35.4 Å². The molecular weight excluding hydrogens is 395 g/mol. The highest BCUT2D eigenvalue weighted by atomic mass is 79.9. The Morgan fingerprint density at radius 1 is 1.00 bits per heavy atom. The van der Waals surface area contributed by atoms with E-state index in [1.165, 1.54) is 12.1 Å². The van der Waals surface area contributed by atoms with Crippen molar-refractivity contribution in [2.75, 3.05) is 0 Å². The first-order chi connectivity index (χ1) is 9.70. The maximum absolute atomic E-state index is 13.3. The van der Waals surface area contributed by atoms with Crippen molar-refractivity contribution in [2.24, 2.45) is 0 Å². The Morgan fingerprint density at radius 2 is 1.67 bits per heavy atom. The van der Waals surface area contributed by atoms with Gasteiger partial charge in [0, 0.05) is 10.0 Å². The highest BCUT2D eigenvalue weighted by Gasteiger charge is 2.34. The molecule has 0 fully saturated rings. The molecule has 0 nitrogen and oxygen atoms in total. The van der Waals surface area contributed by atoms with E-state index < -0.39 is 22.4 Å². The Kier molecular flexibility index (Phi) is 4.85. The van der Waals surface area contributed by atoms with Crippen LogP contribution >= 0.6 is 39.1 Å². The molecule has 0 heterocycles. The van der Waals surface area contributed by atoms with Gasteiger partial charge in [-0.1, -0.05) is 51.3 Å². The molecule has 2 aromatic rings. The molecule has 0 aromatic heterocycles. The van der Waals surface area contributed by atoms with Gasteiger partial charge in [0.2, 0.25) is 0 Å². The second-order valence-electron chi connectivity index (χ2n) is 4.27. The molecule has 7 heteroatoms. The van der Waals surface area contributed by atoms with Crippen LogP contribution in [-0.4, -0.2) is 0 Å². The number of alkyl halides is 4. The van der Waals surface area contributed by atoms with Crippen LogP contribution in [-0.2, 0) is 6.18 Å². The first-order valence-corrected chi connectivity index (χ1v) is 7.33. The summed E-state index contributed by atoms with van der Waals surface area (Å²) < 4.78 is 51.5. The summed E-state index contributed by atoms with van der Waals surface area (Å²) in [5, 5.41) is 0.723. The summed E-state index contributed by atoms with van der Waals surface area (Å²) in [4.78, 5) is -0.607. The monoisotopic (exact) mass is 400 g/mol. The van der Waals surface area contributed by atoms with Crippen molar-refractivity contribution < 1.29 is 17.6 Å². The molecule has 112 valence electrons. The van der Waals surface area contributed by atoms with E-state index in [2.05, 4.69) is 15.9 Å². The average Bonchev–Trinajstić information content (AvgIpc) is 2.37. The minimum atomic E-state index is -4.75. The van der Waals surface area contributed by atoms with E-state index in [1.807, 2.05) is 0 Å². The smallest absolute Gasteiger partial charge is 0.206 e. The molecule has 0 aliphatic rings. The van der Waals surface area contributed by atoms with E-state index in [-0.39, 0.29) is 5.56 Å². The van der Waals surface area contributed by atoms with Gasteiger partial charge in [-0.25, -0.2) is 4.39 Å². The van der Waals surface area contributed by atoms with Crippen LogP contribution in [0.3, 0.4) is 0 Å². The van der Waals surface area contributed by atoms with Crippen molar-refractivity contribution in [3.05, 3.63) is 69.0 Å². The average molecular weight is 402 g/mol. The molecule has 0 saturated carbocycles. The quantitative estimate of drug-likeness (QED) is 0.391. The predicted octanol–water partition coefficient (Wildman–Crippen LogP) is 6.64. The van der Waals surface area contributed by atoms with Crippen LogP contribution in [0.5, 0.6) is 0 Å². The first-order valence-electron chi connectivity index (χ1n) is 5.66. The van der Waals surface area contributed by atoms with Gasteiger partial charge in [-0.3, -0.25) is 0 Å². The molecule has 2 rings (SSSR count). The van der Waals surface area contributed by atoms with Gasteiger partial charge < -0.3 is 0 Å². The minimum Gasteiger partial charge on any atom is -0.206 e. The summed E-state index contributed by atoms with van der Waals surface area (Å²) in [5.41, 5.74) is -0.525. The lowest BCUT2D eigenvalue weighted by Crippen LogP contribution is -2.09. The van der Waals surface area contributed by atoms with E-state index in [0.717, 1.165) is 12.1 Å². The molecule has 1 atom stereocenters. The molecule has 0 aliphatic carbocycles. The SMILES string of the molecule is Fc1ccc(C(Br)c2ccc(Cl)cc2Cl)cc1C(F)(F)F. The molecule has 2 aromatic carbocycles. The highest BCUT2D eigenvalue weighted by Crippen LogP contribution is 2.39. The van der Waals surface area contributed by atoms with E-state index in [9.17, 15) is 17.6 Å². The Balaban J connectivity index is 2.46. The van der Waals surface area contributed by atoms with Crippen LogP contribution in [0.4, 0.5) is 17.6 Å². The van der Waals surface area contributed by atoms with Gasteiger partial charge in [0.1, 0.15) is 5.82 Å². The van der Waals surface area contributed by atoms with Gasteiger partial charge in [0.05, 0.1) is 10.4 Å². The Labute approximate surface area is 136 Å². The number of hydrogen-bond acceptors (Lipinski definition) is 0. The van der Waals surface area contributed by atoms with E-state index in [4.69, 9.17) is 23.2 Å². The minimum absolute atomic E-state index is 0.243. The maximum Gasteiger partial charge on any atom is 0.419 e. The van der Waals surface area contributed by atoms with Crippen molar-refractivity contribution in [1.82, 2.24) is 0 Å². The lowest BCUT2D eigenvalue weighted by Gasteiger charge is -2.15. The molecule has 0 radical (unpaired) electrons. The summed E-state index contributed by atoms with van der Waals surface area (Å²) >= 11 is 15.1. The van der Waals surface area contributed by atoms with Crippen LogP contribution < -0.4 is 0 Å². The van der Waals surface area contributed by atoms with Crippen molar-refractivity contribution in [3.63, 3.8) is 0 Å². The zero-order valence-corrected chi connectivity index (χ0v) is 13.3. The van der Waals surface area contributed by atoms with E-state index >= 15 is 0 Å². The Hall–Kier alpha value is -0.780. The molecule has 0 aliphatic heterocycles. The van der Waals surface area contributed by atoms with Crippen LogP contribution in [0.15, 0.2) is 36.4 Å². The molecule has 0 spiro atoms. The number of halogens is 7. The fourth-order valence-electron chi connectivity index (χ4n) is 1.80. The summed E-state index contributed by atoms with van der Waals surface area (Å²) in [6.07, 6.45) is -4.75. The molecular formula is C14H7BrCl2F4. The zero-order chi connectivity index (χ0) is 15.8. The van der Waals surface area contributed by atoms with Gasteiger partial charge >= 0.3 is 6.18 Å². The van der Waals surface area contributed by atoms with Crippen molar-refractivity contribution in [1.29, 1.82) is 0 Å². The normalized spacial score (nSPS) is 13.3. The van der Waals surface area contributed by atoms with Crippen molar-refractivity contribution in [3.8, 4) is 0 Å². The lowest BCUT2D eigenvalue weighted by molar-refractivity contribution is -0.140. The Bertz CT molecular complexity index is 671. The fourth-order valence-corrected chi connectivity index (χ4v) is 3.14. The molecule has 0 bridgehead atoms. The lowest BCUT2D eigenvalue weighted by atomic mass is 10.0. The standard InChI is InChI=1S/C14H7BrCl2F4/c15-13(9-3-2-8(16)6-11(9)17)7-1-4-12(18)10(5-7)14(19,20)21/h1-6,13H. The summed E-state index contributed by atoms with van der Waals surface area (Å²) in [5.74, 6) is -1.31. The topological polar surface area (TPSA) is 0 Å². The first kappa shape index (κ1) is 16.6. The van der Waals surface area contributed by atoms with Gasteiger partial charge in [0.15, 0.2) is 0 Å². The molecule has 1 unspecified atom stereocenters. The van der Waals surface area contributed by atoms with Crippen molar-refractivity contribution >= 4 is 39.1 Å². The molecule has 0 amide bonds. The number of rotatable bonds is 2. The third-order valence-corrected chi connectivity index (χ3v) is 4.41. The largest absolute Gasteiger partial charge is 0.419 e. The maximum atomic E-state index is 13.3. The van der Waals surface area contributed by atoms with Crippen LogP contribution in [0.25, 0.3) is 0 Å². The second-order valence-corrected chi connectivity index (χ2v) is 6.02. The van der Waals surface area contributed by atoms with E-state index in [0.29, 0.717) is 15.6 Å². The third-order valence-electron chi connectivity index (χ3n) is 2.82. The van der Waals surface area contributed by atoms with Gasteiger partial charge in [-0.2, -0.15) is 13.2 Å². The Morgan fingerprint density at radius 3 is 2.24 bits per heavy atom. The van der Waals surface area contributed by atoms with Gasteiger partial charge in [0.25, 0.3) is 0 Å². The summed E-state index contributed by atoms with van der Waals surface area (Å²) in [6.45, 7) is 0. The van der Waals surface area contributed by atoms with Crippen LogP contribution in [0, 0.1) is 5.82 Å². The fraction of sp³-hybridized carbons (Fsp3) is 0.143. The predicted molar refractivity (Wildman–Crippen MR) is 78.6 cm³/mol. The zero-order valence-electron chi connectivity index (χ0n) is 10.2. The third kappa shape index (κ3) is 3.71. The van der Waals surface area contributed by atoms with Crippen LogP contribution in [0.2, 0.25) is 10.0 Å². The van der Waals surface area contributed by atoms with Gasteiger partial charge in [-0.15, -0.1) is 0 Å². The van der Waals surface area contributed by atoms with Crippen molar-refractivity contribution in [2.45, 2.75) is 11.0 Å². The molecule has 21 heavy (non-hydrogen) atoms. The second kappa shape index (κ2) is 6.15. The molecule has 0 N–H and O–H groups in total. The summed E-state index contributed by atoms with van der Waals surface area (Å²) in [7, 11) is 0. The van der Waals surface area contributed by atoms with Crippen LogP contribution in [0.1, 0.15) is 21.5 Å². The number of hydrogen-bond donors (Lipinski definition) is 0.